The third kappa shape index (κ3) is 15.0. The molecule has 0 saturated carbocycles. The Morgan fingerprint density at radius 1 is 0.729 bits per heavy atom. The molecule has 2 unspecified atom stereocenters. The second-order valence-corrected chi connectivity index (χ2v) is 24.2. The van der Waals surface area contributed by atoms with Gasteiger partial charge in [0.2, 0.25) is 5.69 Å². The van der Waals surface area contributed by atoms with Crippen LogP contribution >= 0.6 is 24.1 Å². The van der Waals surface area contributed by atoms with Crippen molar-refractivity contribution < 1.29 is 234 Å². The van der Waals surface area contributed by atoms with E-state index in [9.17, 15) is 62.4 Å². The van der Waals surface area contributed by atoms with Gasteiger partial charge in [0.05, 0.1) is 59.9 Å². The molecule has 20 nitrogen and oxygen atoms in total. The van der Waals surface area contributed by atoms with Gasteiger partial charge in [-0.1, -0.05) is 26.0 Å². The van der Waals surface area contributed by atoms with Gasteiger partial charge in [0.25, 0.3) is 10.1 Å². The van der Waals surface area contributed by atoms with Gasteiger partial charge in [-0.3, -0.25) is 14.6 Å². The molecule has 4 aromatic carbocycles. The fourth-order valence-corrected chi connectivity index (χ4v) is 11.7. The van der Waals surface area contributed by atoms with E-state index >= 15 is 0 Å². The van der Waals surface area contributed by atoms with E-state index in [4.69, 9.17) is 0 Å². The summed E-state index contributed by atoms with van der Waals surface area (Å²) in [5.74, 6) is 0. The van der Waals surface area contributed by atoms with E-state index in [0.29, 0.717) is 63.4 Å². The van der Waals surface area contributed by atoms with Crippen molar-refractivity contribution in [3.8, 4) is 0 Å². The molecule has 354 valence electrons. The standard InChI is InChI=1S/C39H44N2O18S6.5Na/c1-22(62(44,45)46)14-16-40-28-13-11-25-19-27(64(50,51)52)21-30(61-59-57-43)34(25)36(28)38(3,4)32(40)8-7-9-33-39(5,6)37-29(41(33)17-15-23(2)63(47,48)49)12-10-24-18-26(60-58-56-42)20-31(35(24)37)65(53,54)55;;;;;/h7-13,18-23H,14-17H2,1-6H3,(H5-,42,43,44,45,46,47,48,49,50,51,52,53,54,55);;;;;/q;5*+1/p-4. The van der Waals surface area contributed by atoms with E-state index in [1.165, 1.54) is 32.0 Å². The molecule has 2 heterocycles. The number of fused-ring (bicyclic) bond motifs is 6. The smallest absolute Gasteiger partial charge is 0.748 e. The van der Waals surface area contributed by atoms with Gasteiger partial charge in [0.15, 0.2) is 12.3 Å². The van der Waals surface area contributed by atoms with Crippen LogP contribution in [0.3, 0.4) is 0 Å². The second-order valence-electron chi connectivity index (χ2n) is 16.4. The number of allylic oxidation sites excluding steroid dienone is 4. The van der Waals surface area contributed by atoms with Gasteiger partial charge in [0.1, 0.15) is 20.2 Å². The molecule has 4 aromatic rings. The molecular weight excluding hydrogens is 1090 g/mol. The van der Waals surface area contributed by atoms with Crippen molar-refractivity contribution in [3.63, 3.8) is 0 Å². The van der Waals surface area contributed by atoms with Crippen molar-refractivity contribution in [2.45, 2.75) is 95.3 Å². The Balaban J connectivity index is 0.00000490. The largest absolute Gasteiger partial charge is 1.00 e. The minimum atomic E-state index is -5.20. The van der Waals surface area contributed by atoms with E-state index in [-0.39, 0.29) is 200 Å². The molecular formula is C39H40N2Na5O18S6+. The molecule has 70 heavy (non-hydrogen) atoms. The molecule has 2 aliphatic rings. The second kappa shape index (κ2) is 26.9. The summed E-state index contributed by atoms with van der Waals surface area (Å²) in [5.41, 5.74) is 0.592. The molecule has 1 N–H and O–H groups in total. The summed E-state index contributed by atoms with van der Waals surface area (Å²) in [5, 5.41) is 26.9. The minimum absolute atomic E-state index is 0. The van der Waals surface area contributed by atoms with Crippen LogP contribution in [0.2, 0.25) is 0 Å². The zero-order chi connectivity index (χ0) is 48.2. The van der Waals surface area contributed by atoms with Crippen LogP contribution in [0.4, 0.5) is 11.4 Å². The van der Waals surface area contributed by atoms with Gasteiger partial charge in [-0.25, -0.2) is 25.3 Å². The van der Waals surface area contributed by atoms with Gasteiger partial charge in [-0.05, 0) is 92.9 Å². The zero-order valence-corrected chi connectivity index (χ0v) is 55.0. The Morgan fingerprint density at radius 2 is 1.31 bits per heavy atom. The first kappa shape index (κ1) is 69.5. The molecule has 0 spiro atoms. The summed E-state index contributed by atoms with van der Waals surface area (Å²) in [6.45, 7) is 9.64. The summed E-state index contributed by atoms with van der Waals surface area (Å²) < 4.78 is 156. The molecule has 31 heteroatoms. The zero-order valence-electron chi connectivity index (χ0n) is 40.1. The topological polar surface area (TPSA) is 315 Å². The molecule has 0 aliphatic carbocycles. The summed E-state index contributed by atoms with van der Waals surface area (Å²) in [4.78, 5) is 0.548. The summed E-state index contributed by atoms with van der Waals surface area (Å²) in [7, 11) is -19.4. The van der Waals surface area contributed by atoms with Crippen molar-refractivity contribution in [3.05, 3.63) is 83.6 Å². The van der Waals surface area contributed by atoms with Crippen LogP contribution in [0.25, 0.3) is 21.5 Å². The van der Waals surface area contributed by atoms with Crippen LogP contribution < -0.4 is 163 Å². The third-order valence-electron chi connectivity index (χ3n) is 11.7. The summed E-state index contributed by atoms with van der Waals surface area (Å²) in [6.07, 6.45) is 4.76. The van der Waals surface area contributed by atoms with E-state index < -0.39 is 71.6 Å². The maximum atomic E-state index is 12.9. The van der Waals surface area contributed by atoms with E-state index in [2.05, 4.69) is 18.7 Å². The predicted molar refractivity (Wildman–Crippen MR) is 230 cm³/mol. The molecule has 0 bridgehead atoms. The number of hydrogen-bond acceptors (Lipinski definition) is 20. The van der Waals surface area contributed by atoms with E-state index in [1.54, 1.807) is 67.5 Å². The summed E-state index contributed by atoms with van der Waals surface area (Å²) in [6, 6.07) is 11.0. The first-order chi connectivity index (χ1) is 30.0. The Labute approximate surface area is 525 Å². The molecule has 6 rings (SSSR count). The van der Waals surface area contributed by atoms with Crippen molar-refractivity contribution in [1.29, 1.82) is 0 Å². The van der Waals surface area contributed by atoms with Gasteiger partial charge in [-0.2, -0.15) is 21.7 Å². The molecule has 0 radical (unpaired) electrons. The van der Waals surface area contributed by atoms with Gasteiger partial charge in [-0.15, -0.1) is 0 Å². The molecule has 2 atom stereocenters. The number of hydrogen-bond donors (Lipinski definition) is 1. The van der Waals surface area contributed by atoms with Crippen molar-refractivity contribution in [1.82, 2.24) is 0 Å². The predicted octanol–water partition coefficient (Wildman–Crippen LogP) is -11.1. The van der Waals surface area contributed by atoms with Crippen molar-refractivity contribution in [2.24, 2.45) is 0 Å². The monoisotopic (exact) mass is 1130 g/mol. The molecule has 0 saturated heterocycles. The SMILES string of the molecule is CC(CC[N+]1=C(C=C/C=C2/N(CCC(C)S(=O)(=O)O)c3ccc4cc(SOO[O-])cc(S(=O)(=O)[O-])c4c3C2(C)C)C(C)(C)c2c1ccc1cc(S(=O)(=O)[O-])cc(SOO[O-])c21)S(=O)(=O)[O-].[Na+].[Na+].[Na+].[Na+].[Na+]. The Hall–Kier alpha value is 1.45. The minimum Gasteiger partial charge on any atom is -0.748 e. The quantitative estimate of drug-likeness (QED) is 0.0241. The Bertz CT molecular complexity index is 3160. The van der Waals surface area contributed by atoms with Gasteiger partial charge < -0.3 is 29.1 Å². The Morgan fingerprint density at radius 3 is 1.87 bits per heavy atom. The van der Waals surface area contributed by atoms with Crippen LogP contribution in [-0.2, 0) is 70.0 Å². The van der Waals surface area contributed by atoms with Crippen molar-refractivity contribution in [2.75, 3.05) is 18.0 Å². The first-order valence-corrected chi connectivity index (χ1v) is 26.5. The average Bonchev–Trinajstić information content (AvgIpc) is 3.55. The fraction of sp³-hybridized carbons (Fsp3) is 0.359. The van der Waals surface area contributed by atoms with Gasteiger partial charge >= 0.3 is 148 Å². The van der Waals surface area contributed by atoms with E-state index in [1.807, 2.05) is 0 Å². The summed E-state index contributed by atoms with van der Waals surface area (Å²) >= 11 is 0.740. The molecule has 0 fully saturated rings. The van der Waals surface area contributed by atoms with Crippen LogP contribution in [0, 0.1) is 0 Å². The molecule has 0 aromatic heterocycles. The Kier molecular flexibility index (Phi) is 26.7. The fourth-order valence-electron chi connectivity index (χ4n) is 8.47. The molecule has 0 amide bonds. The maximum Gasteiger partial charge on any atom is 1.00 e. The van der Waals surface area contributed by atoms with Gasteiger partial charge in [0, 0.05) is 68.0 Å². The van der Waals surface area contributed by atoms with Crippen LogP contribution in [-0.4, -0.2) is 85.8 Å². The van der Waals surface area contributed by atoms with Crippen LogP contribution in [0.1, 0.15) is 65.5 Å². The number of rotatable bonds is 18. The average molecular weight is 1130 g/mol. The third-order valence-corrected chi connectivity index (χ3v) is 17.0. The van der Waals surface area contributed by atoms with Crippen LogP contribution in [0.5, 0.6) is 0 Å². The molecule has 2 aliphatic heterocycles. The van der Waals surface area contributed by atoms with E-state index in [0.717, 1.165) is 18.2 Å². The number of anilines is 1. The first-order valence-electron chi connectivity index (χ1n) is 19.2. The normalized spacial score (nSPS) is 16.7. The van der Waals surface area contributed by atoms with Crippen molar-refractivity contribution >= 4 is 103 Å². The number of nitrogens with zero attached hydrogens (tertiary/aromatic N) is 2. The van der Waals surface area contributed by atoms with Crippen LogP contribution in [0.15, 0.2) is 92.0 Å². The maximum absolute atomic E-state index is 12.9. The number of benzene rings is 4.